The van der Waals surface area contributed by atoms with Crippen LogP contribution in [0.3, 0.4) is 0 Å². The van der Waals surface area contributed by atoms with Crippen LogP contribution in [0.1, 0.15) is 18.9 Å². The molecule has 0 amide bonds. The van der Waals surface area contributed by atoms with E-state index in [1.165, 1.54) is 0 Å². The monoisotopic (exact) mass is 332 g/mol. The number of aromatic nitrogens is 5. The second-order valence-corrected chi connectivity index (χ2v) is 7.31. The van der Waals surface area contributed by atoms with Crippen LogP contribution in [0.15, 0.2) is 29.1 Å². The third kappa shape index (κ3) is 2.46. The van der Waals surface area contributed by atoms with Crippen LogP contribution < -0.4 is 4.90 Å². The summed E-state index contributed by atoms with van der Waals surface area (Å²) in [7, 11) is 0. The molecule has 3 aromatic heterocycles. The summed E-state index contributed by atoms with van der Waals surface area (Å²) in [4.78, 5) is 15.7. The zero-order valence-electron chi connectivity index (χ0n) is 12.2. The Labute approximate surface area is 136 Å². The summed E-state index contributed by atoms with van der Waals surface area (Å²) in [5.41, 5.74) is 0.806. The Morgan fingerprint density at radius 1 is 1.36 bits per heavy atom. The van der Waals surface area contributed by atoms with Gasteiger partial charge >= 0.3 is 0 Å². The van der Waals surface area contributed by atoms with Crippen LogP contribution in [0.25, 0.3) is 10.3 Å². The molecule has 1 saturated heterocycles. The quantitative estimate of drug-likeness (QED) is 0.687. The van der Waals surface area contributed by atoms with E-state index in [9.17, 15) is 0 Å². The number of thiazole rings is 1. The second kappa shape index (κ2) is 5.85. The van der Waals surface area contributed by atoms with Crippen molar-refractivity contribution in [2.45, 2.75) is 23.2 Å². The van der Waals surface area contributed by atoms with Gasteiger partial charge in [0.05, 0.1) is 6.04 Å². The van der Waals surface area contributed by atoms with E-state index in [1.807, 2.05) is 24.7 Å². The maximum atomic E-state index is 4.54. The van der Waals surface area contributed by atoms with Gasteiger partial charge in [-0.25, -0.2) is 15.0 Å². The number of hydrogen-bond donors (Lipinski definition) is 0. The smallest absolute Gasteiger partial charge is 0.176 e. The first-order chi connectivity index (χ1) is 10.8. The summed E-state index contributed by atoms with van der Waals surface area (Å²) >= 11 is 3.33. The van der Waals surface area contributed by atoms with Gasteiger partial charge in [0.1, 0.15) is 11.0 Å². The van der Waals surface area contributed by atoms with Crippen LogP contribution in [0, 0.1) is 0 Å². The first-order valence-electron chi connectivity index (χ1n) is 7.25. The molecular formula is C14H16N6S2. The van der Waals surface area contributed by atoms with E-state index in [1.54, 1.807) is 29.4 Å². The molecule has 4 rings (SSSR count). The molecule has 0 saturated carbocycles. The molecule has 22 heavy (non-hydrogen) atoms. The van der Waals surface area contributed by atoms with Gasteiger partial charge < -0.3 is 4.90 Å². The van der Waals surface area contributed by atoms with Crippen molar-refractivity contribution in [3.05, 3.63) is 24.8 Å². The third-order valence-electron chi connectivity index (χ3n) is 3.92. The fraction of sp³-hybridized carbons (Fsp3) is 0.429. The lowest BCUT2D eigenvalue weighted by molar-refractivity contribution is 0.375. The number of nitrogens with zero attached hydrogens (tertiary/aromatic N) is 6. The van der Waals surface area contributed by atoms with Crippen molar-refractivity contribution in [3.8, 4) is 0 Å². The first kappa shape index (κ1) is 14.0. The van der Waals surface area contributed by atoms with Gasteiger partial charge in [-0.2, -0.15) is 5.10 Å². The molecule has 0 radical (unpaired) electrons. The molecule has 1 fully saturated rings. The van der Waals surface area contributed by atoms with Crippen molar-refractivity contribution < 1.29 is 0 Å². The summed E-state index contributed by atoms with van der Waals surface area (Å²) in [6.07, 6.45) is 9.85. The van der Waals surface area contributed by atoms with Gasteiger partial charge in [-0.05, 0) is 25.2 Å². The third-order valence-corrected chi connectivity index (χ3v) is 5.95. The molecule has 0 aromatic carbocycles. The normalized spacial score (nSPS) is 19.0. The van der Waals surface area contributed by atoms with Crippen molar-refractivity contribution in [1.29, 1.82) is 0 Å². The van der Waals surface area contributed by atoms with Gasteiger partial charge in [-0.15, -0.1) is 11.3 Å². The average Bonchev–Trinajstić information content (AvgIpc) is 3.23. The van der Waals surface area contributed by atoms with E-state index in [4.69, 9.17) is 0 Å². The maximum absolute atomic E-state index is 4.54. The Balaban J connectivity index is 1.67. The number of fused-ring (bicyclic) bond motifs is 1. The summed E-state index contributed by atoms with van der Waals surface area (Å²) in [5, 5.41) is 4.39. The Bertz CT molecular complexity index is 769. The fourth-order valence-electron chi connectivity index (χ4n) is 2.90. The van der Waals surface area contributed by atoms with E-state index in [0.29, 0.717) is 6.04 Å². The molecule has 0 bridgehead atoms. The van der Waals surface area contributed by atoms with Crippen LogP contribution in [0.4, 0.5) is 5.82 Å². The molecule has 1 aliphatic heterocycles. The summed E-state index contributed by atoms with van der Waals surface area (Å²) in [6.45, 7) is 1.96. The van der Waals surface area contributed by atoms with E-state index < -0.39 is 0 Å². The summed E-state index contributed by atoms with van der Waals surface area (Å²) < 4.78 is 4.19. The molecule has 1 atom stereocenters. The molecule has 0 spiro atoms. The first-order valence-corrected chi connectivity index (χ1v) is 9.29. The van der Waals surface area contributed by atoms with Crippen LogP contribution in [-0.4, -0.2) is 44.1 Å². The number of anilines is 1. The largest absolute Gasteiger partial charge is 0.353 e. The van der Waals surface area contributed by atoms with Crippen molar-refractivity contribution >= 4 is 39.3 Å². The molecule has 114 valence electrons. The van der Waals surface area contributed by atoms with Gasteiger partial charge in [0, 0.05) is 25.5 Å². The Kier molecular flexibility index (Phi) is 3.71. The summed E-state index contributed by atoms with van der Waals surface area (Å²) in [6, 6.07) is 2.39. The van der Waals surface area contributed by atoms with Crippen LogP contribution in [0.2, 0.25) is 0 Å². The molecule has 0 aliphatic carbocycles. The zero-order valence-corrected chi connectivity index (χ0v) is 13.8. The predicted octanol–water partition coefficient (Wildman–Crippen LogP) is 2.85. The lowest BCUT2D eigenvalue weighted by Crippen LogP contribution is -2.37. The van der Waals surface area contributed by atoms with Crippen molar-refractivity contribution in [2.75, 3.05) is 24.2 Å². The highest BCUT2D eigenvalue weighted by Gasteiger charge is 2.24. The lowest BCUT2D eigenvalue weighted by atomic mass is 10.1. The van der Waals surface area contributed by atoms with E-state index in [-0.39, 0.29) is 0 Å². The van der Waals surface area contributed by atoms with Crippen LogP contribution in [0.5, 0.6) is 0 Å². The molecule has 6 nitrogen and oxygen atoms in total. The van der Waals surface area contributed by atoms with Crippen molar-refractivity contribution in [3.63, 3.8) is 0 Å². The molecular weight excluding hydrogens is 316 g/mol. The highest BCUT2D eigenvalue weighted by molar-refractivity contribution is 8.00. The summed E-state index contributed by atoms with van der Waals surface area (Å²) in [5.74, 6) is 1.01. The Morgan fingerprint density at radius 2 is 2.32 bits per heavy atom. The Morgan fingerprint density at radius 3 is 3.14 bits per heavy atom. The van der Waals surface area contributed by atoms with E-state index >= 15 is 0 Å². The molecule has 0 N–H and O–H groups in total. The molecule has 1 unspecified atom stereocenters. The maximum Gasteiger partial charge on any atom is 0.176 e. The van der Waals surface area contributed by atoms with Gasteiger partial charge in [0.15, 0.2) is 15.8 Å². The number of hydrogen-bond acceptors (Lipinski definition) is 7. The minimum atomic E-state index is 0.404. The number of rotatable bonds is 3. The van der Waals surface area contributed by atoms with E-state index in [2.05, 4.69) is 29.6 Å². The minimum absolute atomic E-state index is 0.404. The van der Waals surface area contributed by atoms with Gasteiger partial charge in [0.2, 0.25) is 0 Å². The van der Waals surface area contributed by atoms with Crippen LogP contribution >= 0.6 is 23.1 Å². The molecule has 3 aromatic rings. The van der Waals surface area contributed by atoms with Gasteiger partial charge in [0.25, 0.3) is 0 Å². The standard InChI is InChI=1S/C14H16N6S2/c1-21-14-18-12-11(22-14)13(16-9-15-12)19-6-2-4-10(8-19)20-7-3-5-17-20/h3,5,7,9-10H,2,4,6,8H2,1H3. The van der Waals surface area contributed by atoms with Gasteiger partial charge in [-0.3, -0.25) is 4.68 Å². The topological polar surface area (TPSA) is 59.7 Å². The number of thioether (sulfide) groups is 1. The SMILES string of the molecule is CSc1nc2ncnc(N3CCCC(n4cccn4)C3)c2s1. The highest BCUT2D eigenvalue weighted by Crippen LogP contribution is 2.34. The van der Waals surface area contributed by atoms with Gasteiger partial charge in [-0.1, -0.05) is 11.8 Å². The minimum Gasteiger partial charge on any atom is -0.353 e. The van der Waals surface area contributed by atoms with Crippen molar-refractivity contribution in [1.82, 2.24) is 24.7 Å². The average molecular weight is 332 g/mol. The molecule has 8 heteroatoms. The fourth-order valence-corrected chi connectivity index (χ4v) is 4.43. The highest BCUT2D eigenvalue weighted by atomic mass is 32.2. The zero-order chi connectivity index (χ0) is 14.9. The lowest BCUT2D eigenvalue weighted by Gasteiger charge is -2.33. The van der Waals surface area contributed by atoms with E-state index in [0.717, 1.165) is 46.4 Å². The second-order valence-electron chi connectivity index (χ2n) is 5.26. The number of piperidine rings is 1. The Hall–Kier alpha value is -1.67. The van der Waals surface area contributed by atoms with Crippen molar-refractivity contribution in [2.24, 2.45) is 0 Å². The molecule has 1 aliphatic rings. The van der Waals surface area contributed by atoms with Crippen LogP contribution in [-0.2, 0) is 0 Å². The predicted molar refractivity (Wildman–Crippen MR) is 89.7 cm³/mol. The molecule has 4 heterocycles.